The van der Waals surface area contributed by atoms with Crippen molar-refractivity contribution in [2.45, 2.75) is 102 Å². The number of likely N-dealkylation sites (tertiary alicyclic amines) is 1. The number of nitrogens with one attached hydrogen (secondary N) is 4. The zero-order chi connectivity index (χ0) is 39.8. The summed E-state index contributed by atoms with van der Waals surface area (Å²) in [5.74, 6) is -3.00. The number of anilines is 1. The maximum Gasteiger partial charge on any atom is 0.412 e. The van der Waals surface area contributed by atoms with E-state index in [1.165, 1.54) is 27.9 Å². The predicted octanol–water partition coefficient (Wildman–Crippen LogP) is 2.87. The van der Waals surface area contributed by atoms with Gasteiger partial charge in [0.15, 0.2) is 0 Å². The van der Waals surface area contributed by atoms with Crippen molar-refractivity contribution in [3.63, 3.8) is 0 Å². The Bertz CT molecular complexity index is 1980. The van der Waals surface area contributed by atoms with Crippen molar-refractivity contribution >= 4 is 45.6 Å². The Labute approximate surface area is 313 Å². The molecule has 5 rings (SSSR count). The predicted molar refractivity (Wildman–Crippen MR) is 194 cm³/mol. The summed E-state index contributed by atoms with van der Waals surface area (Å²) in [6.45, 7) is 13.6. The minimum Gasteiger partial charge on any atom is -0.444 e. The molecule has 290 valence electrons. The second-order valence-electron chi connectivity index (χ2n) is 15.8. The third-order valence-electron chi connectivity index (χ3n) is 9.26. The van der Waals surface area contributed by atoms with E-state index in [4.69, 9.17) is 9.47 Å². The van der Waals surface area contributed by atoms with Gasteiger partial charge in [-0.05, 0) is 69.7 Å². The molecule has 5 amide bonds. The molecule has 1 unspecified atom stereocenters. The lowest BCUT2D eigenvalue weighted by Gasteiger charge is -2.36. The molecule has 2 aromatic rings. The highest BCUT2D eigenvalue weighted by atomic mass is 32.2. The lowest BCUT2D eigenvalue weighted by molar-refractivity contribution is -0.143. The van der Waals surface area contributed by atoms with Crippen LogP contribution in [0.15, 0.2) is 49.3 Å². The summed E-state index contributed by atoms with van der Waals surface area (Å²) < 4.78 is 40.1. The van der Waals surface area contributed by atoms with Gasteiger partial charge in [0.25, 0.3) is 5.91 Å². The van der Waals surface area contributed by atoms with Gasteiger partial charge >= 0.3 is 12.2 Å². The number of sulfonamides is 1. The lowest BCUT2D eigenvalue weighted by Crippen LogP contribution is -2.60. The third-order valence-corrected chi connectivity index (χ3v) is 11.1. The molecule has 0 bridgehead atoms. The highest BCUT2D eigenvalue weighted by Gasteiger charge is 2.62. The fourth-order valence-corrected chi connectivity index (χ4v) is 7.61. The Balaban J connectivity index is 1.41. The molecule has 17 nitrogen and oxygen atoms in total. The first-order chi connectivity index (χ1) is 25.2. The third kappa shape index (κ3) is 9.01. The second kappa shape index (κ2) is 14.8. The number of nitrogens with zero attached hydrogens (tertiary/aromatic N) is 4. The molecule has 1 aromatic carbocycles. The molecule has 1 aliphatic heterocycles. The van der Waals surface area contributed by atoms with Crippen LogP contribution in [0, 0.1) is 22.7 Å². The molecular weight excluding hydrogens is 721 g/mol. The van der Waals surface area contributed by atoms with E-state index < -0.39 is 85.8 Å². The number of ether oxygens (including phenoxy) is 2. The van der Waals surface area contributed by atoms with E-state index >= 15 is 0 Å². The van der Waals surface area contributed by atoms with Crippen molar-refractivity contribution in [1.82, 2.24) is 30.0 Å². The summed E-state index contributed by atoms with van der Waals surface area (Å²) in [7, 11) is -3.95. The minimum absolute atomic E-state index is 0.0718. The van der Waals surface area contributed by atoms with Crippen molar-refractivity contribution in [3.05, 3.63) is 54.9 Å². The molecule has 0 radical (unpaired) electrons. The smallest absolute Gasteiger partial charge is 0.412 e. The molecule has 2 aliphatic carbocycles. The number of nitriles is 1. The van der Waals surface area contributed by atoms with Crippen molar-refractivity contribution in [1.29, 1.82) is 5.26 Å². The molecule has 1 saturated heterocycles. The molecule has 3 aliphatic rings. The number of benzene rings is 1. The van der Waals surface area contributed by atoms with Crippen molar-refractivity contribution in [3.8, 4) is 11.8 Å². The van der Waals surface area contributed by atoms with Gasteiger partial charge in [-0.1, -0.05) is 26.8 Å². The SMILES string of the molecule is C=CC1C[C@]1(NC(=O)[C@@H]1C[C@@H](OC(=O)Nc2cc(C#N)ccc2-n2cccn2)CN1C(=O)[C@@H](NC(=O)OC(C)(C)C)C(C)(C)C)C(=O)NS(=O)(=O)C1CC1. The normalized spacial score (nSPS) is 22.9. The van der Waals surface area contributed by atoms with E-state index in [1.54, 1.807) is 65.9 Å². The topological polar surface area (TPSA) is 231 Å². The molecule has 0 spiro atoms. The van der Waals surface area contributed by atoms with Gasteiger partial charge in [0.05, 0.1) is 34.8 Å². The first-order valence-corrected chi connectivity index (χ1v) is 19.0. The maximum absolute atomic E-state index is 14.4. The molecule has 54 heavy (non-hydrogen) atoms. The van der Waals surface area contributed by atoms with Crippen LogP contribution in [-0.4, -0.2) is 94.1 Å². The first-order valence-electron chi connectivity index (χ1n) is 17.5. The molecule has 18 heteroatoms. The molecule has 4 N–H and O–H groups in total. The van der Waals surface area contributed by atoms with Gasteiger partial charge in [0.1, 0.15) is 29.3 Å². The summed E-state index contributed by atoms with van der Waals surface area (Å²) in [5.41, 5.74) is -2.53. The molecule has 5 atom stereocenters. The van der Waals surface area contributed by atoms with Crippen LogP contribution in [0.3, 0.4) is 0 Å². The highest BCUT2D eigenvalue weighted by molar-refractivity contribution is 7.91. The van der Waals surface area contributed by atoms with Gasteiger partial charge in [0, 0.05) is 24.7 Å². The molecule has 3 fully saturated rings. The zero-order valence-electron chi connectivity index (χ0n) is 31.0. The summed E-state index contributed by atoms with van der Waals surface area (Å²) >= 11 is 0. The number of alkyl carbamates (subject to hydrolysis) is 1. The van der Waals surface area contributed by atoms with E-state index in [9.17, 15) is 37.7 Å². The molecule has 2 saturated carbocycles. The summed E-state index contributed by atoms with van der Waals surface area (Å²) in [6, 6.07) is 5.74. The molecular formula is C36H46N8O9S. The van der Waals surface area contributed by atoms with Gasteiger partial charge < -0.3 is 25.0 Å². The lowest BCUT2D eigenvalue weighted by atomic mass is 9.85. The Hall–Kier alpha value is -5.44. The van der Waals surface area contributed by atoms with Gasteiger partial charge in [-0.2, -0.15) is 10.4 Å². The van der Waals surface area contributed by atoms with E-state index in [0.29, 0.717) is 18.5 Å². The van der Waals surface area contributed by atoms with Crippen LogP contribution in [-0.2, 0) is 33.9 Å². The number of carbonyl (C=O) groups excluding carboxylic acids is 5. The van der Waals surface area contributed by atoms with Crippen LogP contribution in [0.2, 0.25) is 0 Å². The van der Waals surface area contributed by atoms with E-state index in [2.05, 4.69) is 32.4 Å². The van der Waals surface area contributed by atoms with Crippen LogP contribution in [0.5, 0.6) is 0 Å². The minimum atomic E-state index is -3.95. The number of carbonyl (C=O) groups is 5. The van der Waals surface area contributed by atoms with Crippen molar-refractivity contribution < 1.29 is 41.9 Å². The van der Waals surface area contributed by atoms with Crippen LogP contribution >= 0.6 is 0 Å². The maximum atomic E-state index is 14.4. The quantitative estimate of drug-likeness (QED) is 0.243. The van der Waals surface area contributed by atoms with E-state index in [1.807, 2.05) is 6.07 Å². The molecule has 2 heterocycles. The fourth-order valence-electron chi connectivity index (χ4n) is 6.24. The van der Waals surface area contributed by atoms with Crippen LogP contribution in [0.25, 0.3) is 5.69 Å². The number of amides is 5. The highest BCUT2D eigenvalue weighted by Crippen LogP contribution is 2.45. The number of rotatable bonds is 11. The average molecular weight is 767 g/mol. The zero-order valence-corrected chi connectivity index (χ0v) is 31.9. The summed E-state index contributed by atoms with van der Waals surface area (Å²) in [6.07, 6.45) is 2.44. The fraction of sp³-hybridized carbons (Fsp3) is 0.528. The number of hydrogen-bond acceptors (Lipinski definition) is 11. The van der Waals surface area contributed by atoms with Crippen LogP contribution in [0.4, 0.5) is 15.3 Å². The van der Waals surface area contributed by atoms with Crippen LogP contribution in [0.1, 0.15) is 72.8 Å². The number of hydrogen-bond donors (Lipinski definition) is 4. The van der Waals surface area contributed by atoms with Gasteiger partial charge in [-0.25, -0.2) is 22.7 Å². The summed E-state index contributed by atoms with van der Waals surface area (Å²) in [5, 5.41) is 20.9. The average Bonchev–Trinajstić information content (AvgIpc) is 3.94. The van der Waals surface area contributed by atoms with Crippen LogP contribution < -0.4 is 20.7 Å². The monoisotopic (exact) mass is 766 g/mol. The van der Waals surface area contributed by atoms with Gasteiger partial charge in [-0.3, -0.25) is 24.4 Å². The number of aromatic nitrogens is 2. The Morgan fingerprint density at radius 2 is 1.81 bits per heavy atom. The van der Waals surface area contributed by atoms with E-state index in [0.717, 1.165) is 0 Å². The Morgan fingerprint density at radius 3 is 2.37 bits per heavy atom. The summed E-state index contributed by atoms with van der Waals surface area (Å²) in [4.78, 5) is 69.4. The standard InChI is InChI=1S/C36H46N8O9S/c1-8-22-18-36(22,31(47)42-54(50,51)24-11-12-24)41-29(45)27-17-23(20-43(27)30(46)28(34(2,3)4)40-33(49)53-35(5,6)7)52-32(48)39-25-16-21(19-37)10-13-26(25)44-15-9-14-38-44/h8-10,13-16,22-24,27-28H,1,11-12,17-18,20H2,2-7H3,(H,39,48)(H,40,49)(H,41,45)(H,42,47)/t22?,23-,27+,28-,36-/m1/s1. The van der Waals surface area contributed by atoms with Crippen molar-refractivity contribution in [2.75, 3.05) is 11.9 Å². The van der Waals surface area contributed by atoms with E-state index in [-0.39, 0.29) is 30.6 Å². The Morgan fingerprint density at radius 1 is 1.11 bits per heavy atom. The molecule has 1 aromatic heterocycles. The first kappa shape index (κ1) is 39.8. The second-order valence-corrected chi connectivity index (χ2v) is 17.8. The van der Waals surface area contributed by atoms with Crippen molar-refractivity contribution in [2.24, 2.45) is 11.3 Å². The van der Waals surface area contributed by atoms with Gasteiger partial charge in [-0.15, -0.1) is 6.58 Å². The van der Waals surface area contributed by atoms with Gasteiger partial charge in [0.2, 0.25) is 21.8 Å². The Kier molecular flexibility index (Phi) is 10.9. The largest absolute Gasteiger partial charge is 0.444 e.